The second-order valence-electron chi connectivity index (χ2n) is 4.92. The molecule has 132 valence electrons. The number of carbonyl (C=O) groups excluding carboxylic acids is 3. The summed E-state index contributed by atoms with van der Waals surface area (Å²) >= 11 is 1.49. The Morgan fingerprint density at radius 1 is 1.38 bits per heavy atom. The van der Waals surface area contributed by atoms with E-state index in [4.69, 9.17) is 10.5 Å². The lowest BCUT2D eigenvalue weighted by atomic mass is 10.2. The highest BCUT2D eigenvalue weighted by Gasteiger charge is 2.25. The Kier molecular flexibility index (Phi) is 8.03. The second kappa shape index (κ2) is 9.76. The van der Waals surface area contributed by atoms with Crippen molar-refractivity contribution in [2.45, 2.75) is 25.5 Å². The van der Waals surface area contributed by atoms with E-state index in [0.717, 1.165) is 6.07 Å². The normalized spacial score (nSPS) is 12.8. The molecule has 0 fully saturated rings. The van der Waals surface area contributed by atoms with Gasteiger partial charge in [-0.05, 0) is 43.6 Å². The summed E-state index contributed by atoms with van der Waals surface area (Å²) in [6.45, 7) is 1.38. The van der Waals surface area contributed by atoms with Crippen LogP contribution in [0.25, 0.3) is 0 Å². The van der Waals surface area contributed by atoms with Crippen molar-refractivity contribution in [2.75, 3.05) is 17.3 Å². The molecular formula is C15H20FN3O4S. The minimum atomic E-state index is -1.12. The first kappa shape index (κ1) is 19.8. The zero-order chi connectivity index (χ0) is 18.1. The number of primary amides is 1. The fourth-order valence-electron chi connectivity index (χ4n) is 1.78. The zero-order valence-electron chi connectivity index (χ0n) is 13.4. The van der Waals surface area contributed by atoms with Crippen molar-refractivity contribution < 1.29 is 23.5 Å². The van der Waals surface area contributed by atoms with E-state index in [-0.39, 0.29) is 5.69 Å². The van der Waals surface area contributed by atoms with Gasteiger partial charge < -0.3 is 21.1 Å². The summed E-state index contributed by atoms with van der Waals surface area (Å²) in [7, 11) is 0. The predicted molar refractivity (Wildman–Crippen MR) is 90.1 cm³/mol. The van der Waals surface area contributed by atoms with E-state index in [1.807, 2.05) is 6.26 Å². The van der Waals surface area contributed by atoms with Gasteiger partial charge in [0, 0.05) is 5.69 Å². The molecule has 0 bridgehead atoms. The lowest BCUT2D eigenvalue weighted by Crippen LogP contribution is -2.46. The van der Waals surface area contributed by atoms with Crippen LogP contribution in [0.15, 0.2) is 24.3 Å². The molecule has 0 saturated carbocycles. The van der Waals surface area contributed by atoms with Gasteiger partial charge in [-0.2, -0.15) is 11.8 Å². The number of anilines is 1. The predicted octanol–water partition coefficient (Wildman–Crippen LogP) is 1.49. The number of benzene rings is 1. The molecule has 0 unspecified atom stereocenters. The van der Waals surface area contributed by atoms with Gasteiger partial charge in [-0.3, -0.25) is 4.79 Å². The number of ether oxygens (including phenoxy) is 1. The van der Waals surface area contributed by atoms with Gasteiger partial charge in [0.1, 0.15) is 11.9 Å². The standard InChI is InChI=1S/C15H20FN3O4S/c1-9(13(20)18-11-5-3-4-10(16)8-11)23-14(21)12(6-7-24-2)19-15(17)22/h3-5,8-9,12H,6-7H2,1-2H3,(H,18,20)(H3,17,19,22)/t9-,12+/m0/s1. The molecule has 1 rings (SSSR count). The Hall–Kier alpha value is -2.29. The number of carbonyl (C=O) groups is 3. The Bertz CT molecular complexity index is 600. The quantitative estimate of drug-likeness (QED) is 0.611. The molecule has 4 N–H and O–H groups in total. The summed E-state index contributed by atoms with van der Waals surface area (Å²) in [4.78, 5) is 35.0. The lowest BCUT2D eigenvalue weighted by Gasteiger charge is -2.19. The number of esters is 1. The van der Waals surface area contributed by atoms with Crippen molar-refractivity contribution in [3.63, 3.8) is 0 Å². The molecule has 1 aromatic carbocycles. The Balaban J connectivity index is 2.62. The summed E-state index contributed by atoms with van der Waals surface area (Å²) < 4.78 is 18.1. The third-order valence-corrected chi connectivity index (χ3v) is 3.61. The van der Waals surface area contributed by atoms with E-state index in [1.54, 1.807) is 0 Å². The number of thioether (sulfide) groups is 1. The van der Waals surface area contributed by atoms with Gasteiger partial charge in [0.25, 0.3) is 5.91 Å². The van der Waals surface area contributed by atoms with Crippen LogP contribution in [0, 0.1) is 5.82 Å². The van der Waals surface area contributed by atoms with Crippen LogP contribution >= 0.6 is 11.8 Å². The van der Waals surface area contributed by atoms with Crippen LogP contribution in [-0.4, -0.2) is 42.1 Å². The molecule has 3 amide bonds. The van der Waals surface area contributed by atoms with Gasteiger partial charge in [-0.1, -0.05) is 6.07 Å². The van der Waals surface area contributed by atoms with E-state index < -0.39 is 35.9 Å². The molecule has 1 aromatic rings. The van der Waals surface area contributed by atoms with Crippen molar-refractivity contribution >= 4 is 35.4 Å². The van der Waals surface area contributed by atoms with Gasteiger partial charge in [-0.15, -0.1) is 0 Å². The average Bonchev–Trinajstić information content (AvgIpc) is 2.50. The average molecular weight is 357 g/mol. The fraction of sp³-hybridized carbons (Fsp3) is 0.400. The molecule has 0 spiro atoms. The maximum absolute atomic E-state index is 13.1. The van der Waals surface area contributed by atoms with Crippen LogP contribution in [0.4, 0.5) is 14.9 Å². The van der Waals surface area contributed by atoms with E-state index in [0.29, 0.717) is 12.2 Å². The summed E-state index contributed by atoms with van der Waals surface area (Å²) in [6, 6.07) is 3.55. The third-order valence-electron chi connectivity index (χ3n) is 2.97. The van der Waals surface area contributed by atoms with Crippen LogP contribution in [0.5, 0.6) is 0 Å². The summed E-state index contributed by atoms with van der Waals surface area (Å²) in [5.74, 6) is -1.27. The highest BCUT2D eigenvalue weighted by molar-refractivity contribution is 7.98. The first-order valence-electron chi connectivity index (χ1n) is 7.15. The molecule has 0 heterocycles. The number of hydrogen-bond donors (Lipinski definition) is 3. The van der Waals surface area contributed by atoms with Crippen LogP contribution in [0.2, 0.25) is 0 Å². The number of halogens is 1. The monoisotopic (exact) mass is 357 g/mol. The minimum absolute atomic E-state index is 0.247. The highest BCUT2D eigenvalue weighted by Crippen LogP contribution is 2.11. The SMILES string of the molecule is CSCC[C@@H](NC(N)=O)C(=O)O[C@@H](C)C(=O)Nc1cccc(F)c1. The minimum Gasteiger partial charge on any atom is -0.451 e. The van der Waals surface area contributed by atoms with E-state index >= 15 is 0 Å². The zero-order valence-corrected chi connectivity index (χ0v) is 14.2. The lowest BCUT2D eigenvalue weighted by molar-refractivity contribution is -0.155. The molecule has 24 heavy (non-hydrogen) atoms. The van der Waals surface area contributed by atoms with Crippen LogP contribution < -0.4 is 16.4 Å². The Labute approximate surface area is 143 Å². The number of hydrogen-bond acceptors (Lipinski definition) is 5. The summed E-state index contributed by atoms with van der Waals surface area (Å²) in [5.41, 5.74) is 5.28. The van der Waals surface area contributed by atoms with Gasteiger partial charge in [0.15, 0.2) is 6.10 Å². The number of amides is 3. The van der Waals surface area contributed by atoms with Crippen molar-refractivity contribution in [3.8, 4) is 0 Å². The largest absolute Gasteiger partial charge is 0.451 e. The number of urea groups is 1. The Morgan fingerprint density at radius 3 is 2.67 bits per heavy atom. The maximum Gasteiger partial charge on any atom is 0.329 e. The summed E-state index contributed by atoms with van der Waals surface area (Å²) in [5, 5.41) is 4.72. The van der Waals surface area contributed by atoms with E-state index in [2.05, 4.69) is 10.6 Å². The topological polar surface area (TPSA) is 111 Å². The molecule has 0 aliphatic heterocycles. The first-order valence-corrected chi connectivity index (χ1v) is 8.54. The molecule has 7 nitrogen and oxygen atoms in total. The van der Waals surface area contributed by atoms with Gasteiger partial charge in [-0.25, -0.2) is 14.0 Å². The Morgan fingerprint density at radius 2 is 2.08 bits per heavy atom. The third kappa shape index (κ3) is 6.86. The van der Waals surface area contributed by atoms with E-state index in [9.17, 15) is 18.8 Å². The van der Waals surface area contributed by atoms with Crippen molar-refractivity contribution in [1.29, 1.82) is 0 Å². The number of nitrogens with one attached hydrogen (secondary N) is 2. The molecule has 0 saturated heterocycles. The molecule has 0 radical (unpaired) electrons. The van der Waals surface area contributed by atoms with Crippen molar-refractivity contribution in [1.82, 2.24) is 5.32 Å². The summed E-state index contributed by atoms with van der Waals surface area (Å²) in [6.07, 6.45) is 1.05. The molecular weight excluding hydrogens is 337 g/mol. The molecule has 0 aromatic heterocycles. The van der Waals surface area contributed by atoms with Crippen molar-refractivity contribution in [3.05, 3.63) is 30.1 Å². The number of nitrogens with two attached hydrogens (primary N) is 1. The van der Waals surface area contributed by atoms with Crippen LogP contribution in [0.3, 0.4) is 0 Å². The van der Waals surface area contributed by atoms with Gasteiger partial charge in [0.05, 0.1) is 0 Å². The van der Waals surface area contributed by atoms with E-state index in [1.165, 1.54) is 36.9 Å². The molecule has 0 aliphatic rings. The molecule has 0 aliphatic carbocycles. The van der Waals surface area contributed by atoms with Crippen LogP contribution in [-0.2, 0) is 14.3 Å². The second-order valence-corrected chi connectivity index (χ2v) is 5.91. The highest BCUT2D eigenvalue weighted by atomic mass is 32.2. The fourth-order valence-corrected chi connectivity index (χ4v) is 2.25. The first-order chi connectivity index (χ1) is 11.3. The van der Waals surface area contributed by atoms with Crippen LogP contribution in [0.1, 0.15) is 13.3 Å². The molecule has 9 heteroatoms. The number of rotatable bonds is 8. The van der Waals surface area contributed by atoms with Gasteiger partial charge in [0.2, 0.25) is 0 Å². The van der Waals surface area contributed by atoms with Crippen molar-refractivity contribution in [2.24, 2.45) is 5.73 Å². The molecule has 2 atom stereocenters. The smallest absolute Gasteiger partial charge is 0.329 e. The van der Waals surface area contributed by atoms with Gasteiger partial charge >= 0.3 is 12.0 Å². The maximum atomic E-state index is 13.1.